The fourth-order valence-corrected chi connectivity index (χ4v) is 3.40. The fourth-order valence-electron chi connectivity index (χ4n) is 3.40. The molecule has 2 saturated heterocycles. The summed E-state index contributed by atoms with van der Waals surface area (Å²) in [6.07, 6.45) is 4.30. The van der Waals surface area contributed by atoms with E-state index in [1.807, 2.05) is 0 Å². The molecule has 1 N–H and O–H groups in total. The van der Waals surface area contributed by atoms with Crippen molar-refractivity contribution in [1.29, 1.82) is 0 Å². The van der Waals surface area contributed by atoms with Gasteiger partial charge in [-0.05, 0) is 46.3 Å². The smallest absolute Gasteiger partial charge is 0.230 e. The quantitative estimate of drug-likeness (QED) is 0.809. The predicted octanol–water partition coefficient (Wildman–Crippen LogP) is 0.929. The minimum Gasteiger partial charge on any atom is -0.338 e. The third-order valence-electron chi connectivity index (χ3n) is 4.59. The van der Waals surface area contributed by atoms with Crippen LogP contribution in [0.5, 0.6) is 0 Å². The topological polar surface area (TPSA) is 35.6 Å². The van der Waals surface area contributed by atoms with E-state index in [-0.39, 0.29) is 5.41 Å². The van der Waals surface area contributed by atoms with E-state index in [1.54, 1.807) is 0 Å². The molecule has 2 fully saturated rings. The van der Waals surface area contributed by atoms with Gasteiger partial charge in [0, 0.05) is 25.7 Å². The van der Waals surface area contributed by atoms with E-state index in [0.29, 0.717) is 11.9 Å². The summed E-state index contributed by atoms with van der Waals surface area (Å²) in [5, 5.41) is 3.37. The lowest BCUT2D eigenvalue weighted by Crippen LogP contribution is -2.49. The van der Waals surface area contributed by atoms with Crippen molar-refractivity contribution in [3.05, 3.63) is 0 Å². The molecule has 2 heterocycles. The largest absolute Gasteiger partial charge is 0.338 e. The van der Waals surface area contributed by atoms with E-state index in [1.165, 1.54) is 0 Å². The van der Waals surface area contributed by atoms with Crippen LogP contribution in [0.2, 0.25) is 0 Å². The van der Waals surface area contributed by atoms with Crippen LogP contribution in [0.25, 0.3) is 0 Å². The van der Waals surface area contributed by atoms with Gasteiger partial charge in [0.05, 0.1) is 5.41 Å². The normalized spacial score (nSPS) is 32.4. The van der Waals surface area contributed by atoms with Gasteiger partial charge in [0.15, 0.2) is 0 Å². The average Bonchev–Trinajstić information content (AvgIpc) is 2.96. The monoisotopic (exact) mass is 253 g/mol. The Morgan fingerprint density at radius 2 is 2.28 bits per heavy atom. The van der Waals surface area contributed by atoms with Crippen molar-refractivity contribution < 1.29 is 4.79 Å². The van der Waals surface area contributed by atoms with Crippen LogP contribution in [0.1, 0.15) is 32.6 Å². The standard InChI is InChI=1S/C14H27N3O/c1-4-14(7-8-15-11-14)13(18)17-9-5-6-12(17)10-16(2)3/h12,15H,4-11H2,1-3H3. The van der Waals surface area contributed by atoms with Gasteiger partial charge in [0.25, 0.3) is 0 Å². The first-order valence-corrected chi connectivity index (χ1v) is 7.25. The molecule has 4 nitrogen and oxygen atoms in total. The third-order valence-corrected chi connectivity index (χ3v) is 4.59. The molecule has 2 atom stereocenters. The highest BCUT2D eigenvalue weighted by Gasteiger charge is 2.44. The van der Waals surface area contributed by atoms with Gasteiger partial charge >= 0.3 is 0 Å². The maximum absolute atomic E-state index is 12.9. The summed E-state index contributed by atoms with van der Waals surface area (Å²) < 4.78 is 0. The van der Waals surface area contributed by atoms with Crippen LogP contribution in [0.4, 0.5) is 0 Å². The number of carbonyl (C=O) groups is 1. The van der Waals surface area contributed by atoms with Gasteiger partial charge in [-0.25, -0.2) is 0 Å². The molecule has 2 rings (SSSR count). The van der Waals surface area contributed by atoms with E-state index in [9.17, 15) is 4.79 Å². The highest BCUT2D eigenvalue weighted by atomic mass is 16.2. The average molecular weight is 253 g/mol. The highest BCUT2D eigenvalue weighted by molar-refractivity contribution is 5.84. The number of nitrogens with one attached hydrogen (secondary N) is 1. The first-order chi connectivity index (χ1) is 8.59. The summed E-state index contributed by atoms with van der Waals surface area (Å²) in [5.74, 6) is 0.402. The van der Waals surface area contributed by atoms with Gasteiger partial charge in [-0.3, -0.25) is 4.79 Å². The second kappa shape index (κ2) is 5.57. The molecule has 2 aliphatic rings. The van der Waals surface area contributed by atoms with Crippen LogP contribution in [-0.4, -0.2) is 62.0 Å². The molecule has 0 saturated carbocycles. The van der Waals surface area contributed by atoms with Crippen LogP contribution >= 0.6 is 0 Å². The van der Waals surface area contributed by atoms with Gasteiger partial charge in [-0.2, -0.15) is 0 Å². The molecule has 0 aromatic rings. The summed E-state index contributed by atoms with van der Waals surface area (Å²) in [6.45, 7) is 5.97. The van der Waals surface area contributed by atoms with Crippen LogP contribution in [0.15, 0.2) is 0 Å². The Balaban J connectivity index is 2.07. The molecule has 104 valence electrons. The number of likely N-dealkylation sites (N-methyl/N-ethyl adjacent to an activating group) is 1. The van der Waals surface area contributed by atoms with E-state index >= 15 is 0 Å². The number of amides is 1. The zero-order valence-corrected chi connectivity index (χ0v) is 12.0. The molecular weight excluding hydrogens is 226 g/mol. The zero-order chi connectivity index (χ0) is 13.2. The van der Waals surface area contributed by atoms with Crippen LogP contribution in [-0.2, 0) is 4.79 Å². The van der Waals surface area contributed by atoms with Crippen molar-refractivity contribution in [3.63, 3.8) is 0 Å². The lowest BCUT2D eigenvalue weighted by Gasteiger charge is -2.35. The van der Waals surface area contributed by atoms with Crippen molar-refractivity contribution >= 4 is 5.91 Å². The summed E-state index contributed by atoms with van der Waals surface area (Å²) in [7, 11) is 4.18. The molecule has 1 amide bonds. The number of carbonyl (C=O) groups excluding carboxylic acids is 1. The number of hydrogen-bond donors (Lipinski definition) is 1. The van der Waals surface area contributed by atoms with E-state index in [0.717, 1.165) is 51.9 Å². The summed E-state index contributed by atoms with van der Waals surface area (Å²) in [6, 6.07) is 0.427. The summed E-state index contributed by atoms with van der Waals surface area (Å²) in [4.78, 5) is 17.2. The van der Waals surface area contributed by atoms with Crippen molar-refractivity contribution in [3.8, 4) is 0 Å². The second-order valence-corrected chi connectivity index (χ2v) is 6.12. The van der Waals surface area contributed by atoms with Gasteiger partial charge in [-0.1, -0.05) is 6.92 Å². The Hall–Kier alpha value is -0.610. The second-order valence-electron chi connectivity index (χ2n) is 6.12. The molecule has 4 heteroatoms. The molecule has 2 unspecified atom stereocenters. The van der Waals surface area contributed by atoms with Gasteiger partial charge in [0.1, 0.15) is 0 Å². The maximum Gasteiger partial charge on any atom is 0.230 e. The molecule has 0 aliphatic carbocycles. The predicted molar refractivity (Wildman–Crippen MR) is 73.5 cm³/mol. The fraction of sp³-hybridized carbons (Fsp3) is 0.929. The number of hydrogen-bond acceptors (Lipinski definition) is 3. The number of nitrogens with zero attached hydrogens (tertiary/aromatic N) is 2. The first kappa shape index (κ1) is 13.8. The Kier molecular flexibility index (Phi) is 4.28. The summed E-state index contributed by atoms with van der Waals surface area (Å²) in [5.41, 5.74) is -0.116. The SMILES string of the molecule is CCC1(C(=O)N2CCCC2CN(C)C)CCNC1. The Bertz CT molecular complexity index is 297. The van der Waals surface area contributed by atoms with Crippen molar-refractivity contribution in [1.82, 2.24) is 15.1 Å². The van der Waals surface area contributed by atoms with Crippen molar-refractivity contribution in [2.75, 3.05) is 40.3 Å². The van der Waals surface area contributed by atoms with Crippen LogP contribution < -0.4 is 5.32 Å². The lowest BCUT2D eigenvalue weighted by molar-refractivity contribution is -0.142. The zero-order valence-electron chi connectivity index (χ0n) is 12.0. The van der Waals surface area contributed by atoms with Gasteiger partial charge in [-0.15, -0.1) is 0 Å². The molecule has 0 radical (unpaired) electrons. The summed E-state index contributed by atoms with van der Waals surface area (Å²) >= 11 is 0. The van der Waals surface area contributed by atoms with E-state index in [4.69, 9.17) is 0 Å². The molecular formula is C14H27N3O. The number of rotatable bonds is 4. The maximum atomic E-state index is 12.9. The van der Waals surface area contributed by atoms with E-state index < -0.39 is 0 Å². The van der Waals surface area contributed by atoms with Gasteiger partial charge in [0.2, 0.25) is 5.91 Å². The molecule has 0 spiro atoms. The van der Waals surface area contributed by atoms with Crippen LogP contribution in [0.3, 0.4) is 0 Å². The lowest BCUT2D eigenvalue weighted by atomic mass is 9.82. The molecule has 0 bridgehead atoms. The Labute approximate surface area is 111 Å². The van der Waals surface area contributed by atoms with Crippen LogP contribution in [0, 0.1) is 5.41 Å². The number of likely N-dealkylation sites (tertiary alicyclic amines) is 1. The minimum absolute atomic E-state index is 0.116. The molecule has 18 heavy (non-hydrogen) atoms. The first-order valence-electron chi connectivity index (χ1n) is 7.25. The van der Waals surface area contributed by atoms with Crippen molar-refractivity contribution in [2.45, 2.75) is 38.6 Å². The highest BCUT2D eigenvalue weighted by Crippen LogP contribution is 2.34. The molecule has 0 aromatic heterocycles. The Morgan fingerprint density at radius 1 is 1.50 bits per heavy atom. The molecule has 2 aliphatic heterocycles. The van der Waals surface area contributed by atoms with Gasteiger partial charge < -0.3 is 15.1 Å². The third kappa shape index (κ3) is 2.54. The Morgan fingerprint density at radius 3 is 2.83 bits per heavy atom. The molecule has 0 aromatic carbocycles. The van der Waals surface area contributed by atoms with Crippen molar-refractivity contribution in [2.24, 2.45) is 5.41 Å². The minimum atomic E-state index is -0.116. The van der Waals surface area contributed by atoms with E-state index in [2.05, 4.69) is 36.1 Å².